The van der Waals surface area contributed by atoms with Gasteiger partial charge < -0.3 is 0 Å². The van der Waals surface area contributed by atoms with Crippen LogP contribution in [0, 0.1) is 0 Å². The van der Waals surface area contributed by atoms with Crippen LogP contribution in [0.3, 0.4) is 0 Å². The minimum absolute atomic E-state index is 0.954. The second-order valence-corrected chi connectivity index (χ2v) is 2.54. The number of nitrogens with zero attached hydrogens (tertiary/aromatic N) is 1. The van der Waals surface area contributed by atoms with E-state index < -0.39 is 0 Å². The number of fused-ring (bicyclic) bond motifs is 1. The Kier molecular flexibility index (Phi) is 1.31. The van der Waals surface area contributed by atoms with Crippen LogP contribution in [0.4, 0.5) is 0 Å². The molecule has 0 saturated carbocycles. The summed E-state index contributed by atoms with van der Waals surface area (Å²) in [5.74, 6) is 0. The first-order chi connectivity index (χ1) is 4.97. The van der Waals surface area contributed by atoms with Crippen molar-refractivity contribution in [3.63, 3.8) is 0 Å². The molecule has 2 aliphatic rings. The molecule has 0 saturated heterocycles. The van der Waals surface area contributed by atoms with E-state index in [1.807, 2.05) is 0 Å². The molecule has 1 aliphatic heterocycles. The van der Waals surface area contributed by atoms with Crippen LogP contribution in [0.2, 0.25) is 0 Å². The van der Waals surface area contributed by atoms with Gasteiger partial charge >= 0.3 is 0 Å². The molecule has 0 atom stereocenters. The highest BCUT2D eigenvalue weighted by atomic mass is 15.0. The Morgan fingerprint density at radius 1 is 1.30 bits per heavy atom. The lowest BCUT2D eigenvalue weighted by atomic mass is 10.0. The lowest BCUT2D eigenvalue weighted by Crippen LogP contribution is -2.26. The zero-order valence-corrected chi connectivity index (χ0v) is 5.80. The van der Waals surface area contributed by atoms with E-state index in [1.54, 1.807) is 6.34 Å². The van der Waals surface area contributed by atoms with E-state index in [-0.39, 0.29) is 0 Å². The summed E-state index contributed by atoms with van der Waals surface area (Å²) in [5, 5.41) is 3.08. The number of aliphatic imine (C=N–C) groups is 1. The highest BCUT2D eigenvalue weighted by Crippen LogP contribution is 2.16. The van der Waals surface area contributed by atoms with Crippen molar-refractivity contribution in [2.75, 3.05) is 6.54 Å². The van der Waals surface area contributed by atoms with Crippen molar-refractivity contribution >= 4 is 6.34 Å². The Balaban J connectivity index is 2.33. The number of allylic oxidation sites excluding steroid dienone is 2. The first kappa shape index (κ1) is 5.71. The molecule has 1 radical (unpaired) electrons. The lowest BCUT2D eigenvalue weighted by Gasteiger charge is -2.08. The fraction of sp³-hybridized carbons (Fsp3) is 0.375. The molecule has 0 unspecified atom stereocenters. The van der Waals surface area contributed by atoms with Crippen LogP contribution in [-0.4, -0.2) is 12.9 Å². The average molecular weight is 134 g/mol. The molecule has 10 heavy (non-hydrogen) atoms. The monoisotopic (exact) mass is 134 g/mol. The molecule has 0 aromatic rings. The summed E-state index contributed by atoms with van der Waals surface area (Å²) in [4.78, 5) is 4.21. The summed E-state index contributed by atoms with van der Waals surface area (Å²) in [5.41, 5.74) is 2.53. The fourth-order valence-electron chi connectivity index (χ4n) is 1.28. The Hall–Kier alpha value is -1.05. The van der Waals surface area contributed by atoms with Gasteiger partial charge in [0.05, 0.1) is 0 Å². The third kappa shape index (κ3) is 0.856. The molecule has 2 rings (SSSR count). The van der Waals surface area contributed by atoms with Gasteiger partial charge in [0.2, 0.25) is 0 Å². The largest absolute Gasteiger partial charge is 0.280 e. The van der Waals surface area contributed by atoms with Crippen LogP contribution >= 0.6 is 0 Å². The van der Waals surface area contributed by atoms with Gasteiger partial charge in [-0.3, -0.25) is 5.32 Å². The molecular weight excluding hydrogens is 124 g/mol. The van der Waals surface area contributed by atoms with E-state index in [9.17, 15) is 0 Å². The molecule has 0 fully saturated rings. The van der Waals surface area contributed by atoms with E-state index in [0.29, 0.717) is 0 Å². The van der Waals surface area contributed by atoms with Crippen LogP contribution in [-0.2, 0) is 0 Å². The Labute approximate surface area is 60.3 Å². The van der Waals surface area contributed by atoms with Gasteiger partial charge in [0.15, 0.2) is 5.70 Å². The third-order valence-electron chi connectivity index (χ3n) is 1.81. The molecule has 2 heteroatoms. The molecule has 0 spiro atoms. The van der Waals surface area contributed by atoms with Gasteiger partial charge in [-0.25, -0.2) is 0 Å². The minimum atomic E-state index is 0.954. The maximum absolute atomic E-state index is 4.21. The molecule has 0 aromatic carbocycles. The number of rotatable bonds is 0. The molecule has 51 valence electrons. The predicted octanol–water partition coefficient (Wildman–Crippen LogP) is 0.558. The van der Waals surface area contributed by atoms with Crippen LogP contribution in [0.5, 0.6) is 0 Å². The van der Waals surface area contributed by atoms with Gasteiger partial charge in [-0.05, 0) is 18.9 Å². The third-order valence-corrected chi connectivity index (χ3v) is 1.81. The van der Waals surface area contributed by atoms with Gasteiger partial charge in [-0.1, -0.05) is 11.1 Å². The van der Waals surface area contributed by atoms with Crippen LogP contribution in [0.25, 0.3) is 0 Å². The van der Waals surface area contributed by atoms with Crippen molar-refractivity contribution in [1.29, 1.82) is 0 Å². The number of hydrogen-bond acceptors (Lipinski definition) is 2. The highest BCUT2D eigenvalue weighted by Gasteiger charge is 2.16. The topological polar surface area (TPSA) is 26.1 Å². The molecule has 0 amide bonds. The molecule has 1 aliphatic carbocycles. The molecular formula is C8H10N2+. The normalized spacial score (nSPS) is 22.4. The standard InChI is InChI=1S/C8H10N2/c1-2-4-8-7(3-1)5-9-6-10-8/h3-4,6,9H,1-2,5H2/q+1. The number of nitrogens with one attached hydrogen (secondary N) is 1. The Morgan fingerprint density at radius 2 is 2.20 bits per heavy atom. The second kappa shape index (κ2) is 2.29. The summed E-state index contributed by atoms with van der Waals surface area (Å²) >= 11 is 0. The van der Waals surface area contributed by atoms with Crippen molar-refractivity contribution in [1.82, 2.24) is 10.3 Å². The van der Waals surface area contributed by atoms with Gasteiger partial charge in [-0.2, -0.15) is 0 Å². The maximum Gasteiger partial charge on any atom is 0.280 e. The van der Waals surface area contributed by atoms with E-state index in [2.05, 4.69) is 22.5 Å². The quantitative estimate of drug-likeness (QED) is 0.514. The van der Waals surface area contributed by atoms with E-state index in [4.69, 9.17) is 0 Å². The Bertz CT molecular complexity index is 223. The van der Waals surface area contributed by atoms with Crippen LogP contribution in [0.1, 0.15) is 12.8 Å². The molecule has 0 aromatic heterocycles. The number of hydrogen-bond donors (Lipinski definition) is 1. The van der Waals surface area contributed by atoms with Gasteiger partial charge in [-0.15, -0.1) is 0 Å². The van der Waals surface area contributed by atoms with E-state index in [1.165, 1.54) is 17.7 Å². The first-order valence-corrected chi connectivity index (χ1v) is 3.62. The molecule has 0 bridgehead atoms. The average Bonchev–Trinajstić information content (AvgIpc) is 2.05. The summed E-state index contributed by atoms with van der Waals surface area (Å²) in [7, 11) is 0. The van der Waals surface area contributed by atoms with Crippen LogP contribution < -0.4 is 10.3 Å². The van der Waals surface area contributed by atoms with Crippen molar-refractivity contribution < 1.29 is 0 Å². The zero-order chi connectivity index (χ0) is 6.81. The van der Waals surface area contributed by atoms with Crippen molar-refractivity contribution in [3.8, 4) is 0 Å². The van der Waals surface area contributed by atoms with E-state index in [0.717, 1.165) is 13.0 Å². The molecule has 2 nitrogen and oxygen atoms in total. The summed E-state index contributed by atoms with van der Waals surface area (Å²) < 4.78 is 0. The minimum Gasteiger partial charge on any atom is -0.273 e. The van der Waals surface area contributed by atoms with Gasteiger partial charge in [0.1, 0.15) is 6.54 Å². The van der Waals surface area contributed by atoms with E-state index >= 15 is 0 Å². The lowest BCUT2D eigenvalue weighted by molar-refractivity contribution is 0.873. The fourth-order valence-corrected chi connectivity index (χ4v) is 1.28. The van der Waals surface area contributed by atoms with Crippen LogP contribution in [0.15, 0.2) is 23.4 Å². The summed E-state index contributed by atoms with van der Waals surface area (Å²) in [6, 6.07) is 0. The first-order valence-electron chi connectivity index (χ1n) is 3.62. The van der Waals surface area contributed by atoms with Crippen molar-refractivity contribution in [3.05, 3.63) is 23.4 Å². The van der Waals surface area contributed by atoms with Gasteiger partial charge in [0, 0.05) is 5.57 Å². The highest BCUT2D eigenvalue weighted by molar-refractivity contribution is 5.60. The predicted molar refractivity (Wildman–Crippen MR) is 41.6 cm³/mol. The molecule has 1 N–H and O–H groups in total. The van der Waals surface area contributed by atoms with Gasteiger partial charge in [0.25, 0.3) is 6.34 Å². The smallest absolute Gasteiger partial charge is 0.273 e. The van der Waals surface area contributed by atoms with Crippen molar-refractivity contribution in [2.24, 2.45) is 0 Å². The summed E-state index contributed by atoms with van der Waals surface area (Å²) in [6.45, 7) is 0.954. The van der Waals surface area contributed by atoms with Crippen molar-refractivity contribution in [2.45, 2.75) is 12.8 Å². The zero-order valence-electron chi connectivity index (χ0n) is 5.80. The SMILES string of the molecule is C1=[N+]C2=CCCC=C2CN1. The maximum atomic E-state index is 4.21. The Morgan fingerprint density at radius 3 is 3.10 bits per heavy atom. The summed E-state index contributed by atoms with van der Waals surface area (Å²) in [6.07, 6.45) is 8.56. The second-order valence-electron chi connectivity index (χ2n) is 2.54. The molecule has 1 heterocycles.